The zero-order chi connectivity index (χ0) is 19.5. The van der Waals surface area contributed by atoms with Crippen molar-refractivity contribution in [2.24, 2.45) is 5.92 Å². The molecule has 0 radical (unpaired) electrons. The van der Waals surface area contributed by atoms with Gasteiger partial charge in [0.25, 0.3) is 5.69 Å². The summed E-state index contributed by atoms with van der Waals surface area (Å²) in [7, 11) is -4.09. The second-order valence-corrected chi connectivity index (χ2v) is 7.69. The number of rotatable bonds is 5. The molecule has 1 aliphatic rings. The Kier molecular flexibility index (Phi) is 5.86. The number of carbonyl (C=O) groups is 1. The Morgan fingerprint density at radius 1 is 1.27 bits per heavy atom. The third-order valence-electron chi connectivity index (χ3n) is 4.06. The van der Waals surface area contributed by atoms with E-state index in [0.29, 0.717) is 0 Å². The number of nitro benzene ring substituents is 1. The van der Waals surface area contributed by atoms with Gasteiger partial charge in [0.2, 0.25) is 10.0 Å². The maximum Gasteiger partial charge on any atom is 0.471 e. The highest BCUT2D eigenvalue weighted by molar-refractivity contribution is 7.89. The molecule has 1 saturated heterocycles. The van der Waals surface area contributed by atoms with E-state index in [2.05, 4.69) is 0 Å². The summed E-state index contributed by atoms with van der Waals surface area (Å²) in [6.07, 6.45) is -4.49. The molecule has 8 nitrogen and oxygen atoms in total. The van der Waals surface area contributed by atoms with Gasteiger partial charge in [-0.25, -0.2) is 8.42 Å². The maximum absolute atomic E-state index is 12.6. The van der Waals surface area contributed by atoms with E-state index in [4.69, 9.17) is 0 Å². The molecule has 1 aromatic carbocycles. The number of nitro groups is 1. The van der Waals surface area contributed by atoms with E-state index in [1.165, 1.54) is 12.1 Å². The molecule has 1 amide bonds. The van der Waals surface area contributed by atoms with Gasteiger partial charge in [-0.05, 0) is 24.8 Å². The number of halogens is 3. The van der Waals surface area contributed by atoms with Crippen LogP contribution in [-0.4, -0.2) is 49.4 Å². The summed E-state index contributed by atoms with van der Waals surface area (Å²) in [5, 5.41) is 12.8. The van der Waals surface area contributed by atoms with E-state index in [-0.39, 0.29) is 38.4 Å². The van der Waals surface area contributed by atoms with Gasteiger partial charge in [-0.1, -0.05) is 12.1 Å². The van der Waals surface area contributed by atoms with Gasteiger partial charge in [0.1, 0.15) is 0 Å². The Bertz CT molecular complexity index is 789. The van der Waals surface area contributed by atoms with Gasteiger partial charge in [-0.2, -0.15) is 17.5 Å². The molecule has 1 N–H and O–H groups in total. The number of hydrogen-bond donors (Lipinski definition) is 1. The summed E-state index contributed by atoms with van der Waals surface area (Å²) in [5.74, 6) is -2.34. The Morgan fingerprint density at radius 2 is 1.85 bits per heavy atom. The van der Waals surface area contributed by atoms with Crippen LogP contribution in [0.5, 0.6) is 0 Å². The second-order valence-electron chi connectivity index (χ2n) is 5.78. The first-order valence-electron chi connectivity index (χ1n) is 7.62. The highest BCUT2D eigenvalue weighted by atomic mass is 32.2. The van der Waals surface area contributed by atoms with E-state index < -0.39 is 37.6 Å². The molecule has 0 bridgehead atoms. The standard InChI is InChI=1S/C14H16F3N3O5S/c15-14(16,17)13(21)18-9-10-5-7-19(8-6-10)26(24,25)12-4-2-1-3-11(12)20(22)23/h1-4,10H,5-9H2,(H,18,21). The summed E-state index contributed by atoms with van der Waals surface area (Å²) in [5.41, 5.74) is -0.535. The van der Waals surface area contributed by atoms with Gasteiger partial charge >= 0.3 is 12.1 Å². The lowest BCUT2D eigenvalue weighted by molar-refractivity contribution is -0.387. The maximum atomic E-state index is 12.6. The summed E-state index contributed by atoms with van der Waals surface area (Å²) < 4.78 is 62.8. The molecule has 0 saturated carbocycles. The Hall–Kier alpha value is -2.21. The fourth-order valence-electron chi connectivity index (χ4n) is 2.66. The summed E-state index contributed by atoms with van der Waals surface area (Å²) in [6.45, 7) is -0.209. The molecular formula is C14H16F3N3O5S. The predicted molar refractivity (Wildman–Crippen MR) is 83.6 cm³/mol. The van der Waals surface area contributed by atoms with Crippen LogP contribution in [0.1, 0.15) is 12.8 Å². The van der Waals surface area contributed by atoms with Crippen LogP contribution in [0.25, 0.3) is 0 Å². The molecule has 1 aliphatic heterocycles. The minimum Gasteiger partial charge on any atom is -0.348 e. The molecule has 1 heterocycles. The fourth-order valence-corrected chi connectivity index (χ4v) is 4.28. The topological polar surface area (TPSA) is 110 Å². The van der Waals surface area contributed by atoms with Crippen molar-refractivity contribution < 1.29 is 31.3 Å². The SMILES string of the molecule is O=C(NCC1CCN(S(=O)(=O)c2ccccc2[N+](=O)[O-])CC1)C(F)(F)F. The second kappa shape index (κ2) is 7.58. The third-order valence-corrected chi connectivity index (χ3v) is 6.01. The number of nitrogens with zero attached hydrogens (tertiary/aromatic N) is 2. The van der Waals surface area contributed by atoms with E-state index in [9.17, 15) is 36.5 Å². The van der Waals surface area contributed by atoms with Gasteiger partial charge in [-0.3, -0.25) is 14.9 Å². The van der Waals surface area contributed by atoms with Crippen LogP contribution in [0, 0.1) is 16.0 Å². The van der Waals surface area contributed by atoms with Gasteiger partial charge < -0.3 is 5.32 Å². The van der Waals surface area contributed by atoms with Crippen molar-refractivity contribution in [3.05, 3.63) is 34.4 Å². The zero-order valence-corrected chi connectivity index (χ0v) is 14.2. The largest absolute Gasteiger partial charge is 0.471 e. The number of para-hydroxylation sites is 1. The zero-order valence-electron chi connectivity index (χ0n) is 13.4. The number of benzene rings is 1. The summed E-state index contributed by atoms with van der Waals surface area (Å²) >= 11 is 0. The van der Waals surface area contributed by atoms with Crippen LogP contribution in [0.2, 0.25) is 0 Å². The summed E-state index contributed by atoms with van der Waals surface area (Å²) in [6, 6.07) is 4.96. The predicted octanol–water partition coefficient (Wildman–Crippen LogP) is 1.67. The molecule has 0 aliphatic carbocycles. The first-order chi connectivity index (χ1) is 12.0. The molecule has 0 aromatic heterocycles. The molecule has 1 fully saturated rings. The van der Waals surface area contributed by atoms with E-state index >= 15 is 0 Å². The number of hydrogen-bond acceptors (Lipinski definition) is 5. The summed E-state index contributed by atoms with van der Waals surface area (Å²) in [4.78, 5) is 20.6. The molecule has 12 heteroatoms. The lowest BCUT2D eigenvalue weighted by atomic mass is 9.98. The van der Waals surface area contributed by atoms with E-state index in [0.717, 1.165) is 16.4 Å². The first-order valence-corrected chi connectivity index (χ1v) is 9.06. The number of carbonyl (C=O) groups excluding carboxylic acids is 1. The highest BCUT2D eigenvalue weighted by Gasteiger charge is 2.39. The monoisotopic (exact) mass is 395 g/mol. The molecule has 26 heavy (non-hydrogen) atoms. The lowest BCUT2D eigenvalue weighted by Gasteiger charge is -2.31. The van der Waals surface area contributed by atoms with Crippen molar-refractivity contribution in [1.29, 1.82) is 0 Å². The van der Waals surface area contributed by atoms with Crippen molar-refractivity contribution in [2.45, 2.75) is 23.9 Å². The minimum atomic E-state index is -4.96. The first kappa shape index (κ1) is 20.1. The molecular weight excluding hydrogens is 379 g/mol. The van der Waals surface area contributed by atoms with Crippen LogP contribution in [-0.2, 0) is 14.8 Å². The van der Waals surface area contributed by atoms with Gasteiger partial charge in [-0.15, -0.1) is 0 Å². The van der Waals surface area contributed by atoms with E-state index in [1.807, 2.05) is 0 Å². The van der Waals surface area contributed by atoms with Gasteiger partial charge in [0.15, 0.2) is 4.90 Å². The van der Waals surface area contributed by atoms with Crippen LogP contribution in [0.4, 0.5) is 18.9 Å². The normalized spacial score (nSPS) is 17.0. The van der Waals surface area contributed by atoms with Crippen LogP contribution in [0.15, 0.2) is 29.2 Å². The highest BCUT2D eigenvalue weighted by Crippen LogP contribution is 2.29. The van der Waals surface area contributed by atoms with Crippen molar-refractivity contribution in [3.63, 3.8) is 0 Å². The van der Waals surface area contributed by atoms with Crippen LogP contribution >= 0.6 is 0 Å². The number of alkyl halides is 3. The van der Waals surface area contributed by atoms with Crippen LogP contribution in [0.3, 0.4) is 0 Å². The minimum absolute atomic E-state index is 0.000929. The van der Waals surface area contributed by atoms with Gasteiger partial charge in [0.05, 0.1) is 4.92 Å². The van der Waals surface area contributed by atoms with Crippen molar-refractivity contribution in [1.82, 2.24) is 9.62 Å². The van der Waals surface area contributed by atoms with Gasteiger partial charge in [0, 0.05) is 25.7 Å². The van der Waals surface area contributed by atoms with E-state index in [1.54, 1.807) is 5.32 Å². The average molecular weight is 395 g/mol. The fraction of sp³-hybridized carbons (Fsp3) is 0.500. The molecule has 2 rings (SSSR count). The molecule has 1 aromatic rings. The Labute approximate surface area is 147 Å². The number of nitrogens with one attached hydrogen (secondary N) is 1. The Balaban J connectivity index is 2.01. The molecule has 0 atom stereocenters. The smallest absolute Gasteiger partial charge is 0.348 e. The molecule has 144 valence electrons. The van der Waals surface area contributed by atoms with Crippen LogP contribution < -0.4 is 5.32 Å². The van der Waals surface area contributed by atoms with Crippen molar-refractivity contribution >= 4 is 21.6 Å². The third kappa shape index (κ3) is 4.49. The number of sulfonamides is 1. The van der Waals surface area contributed by atoms with Crippen molar-refractivity contribution in [3.8, 4) is 0 Å². The Morgan fingerprint density at radius 3 is 2.38 bits per heavy atom. The molecule has 0 spiro atoms. The number of amides is 1. The number of piperidine rings is 1. The molecule has 0 unspecified atom stereocenters. The quantitative estimate of drug-likeness (QED) is 0.603. The van der Waals surface area contributed by atoms with Crippen molar-refractivity contribution in [2.75, 3.05) is 19.6 Å². The average Bonchev–Trinajstić information content (AvgIpc) is 2.59. The lowest BCUT2D eigenvalue weighted by Crippen LogP contribution is -2.44.